The summed E-state index contributed by atoms with van der Waals surface area (Å²) in [6.07, 6.45) is 1.45. The molecule has 144 valence electrons. The van der Waals surface area contributed by atoms with Gasteiger partial charge in [-0.15, -0.1) is 0 Å². The summed E-state index contributed by atoms with van der Waals surface area (Å²) >= 11 is 0. The number of nitrogens with zero attached hydrogens (tertiary/aromatic N) is 2. The third-order valence-electron chi connectivity index (χ3n) is 5.24. The fourth-order valence-corrected chi connectivity index (χ4v) is 5.19. The van der Waals surface area contributed by atoms with E-state index in [1.54, 1.807) is 0 Å². The van der Waals surface area contributed by atoms with Crippen LogP contribution in [-0.4, -0.2) is 90.1 Å². The highest BCUT2D eigenvalue weighted by molar-refractivity contribution is 7.86. The molecule has 2 saturated heterocycles. The molecule has 2 heterocycles. The molecule has 2 rings (SSSR count). The van der Waals surface area contributed by atoms with E-state index >= 15 is 0 Å². The second kappa shape index (κ2) is 7.86. The van der Waals surface area contributed by atoms with E-state index in [4.69, 9.17) is 15.8 Å². The van der Waals surface area contributed by atoms with Crippen LogP contribution in [0.1, 0.15) is 19.3 Å². The lowest BCUT2D eigenvalue weighted by atomic mass is 9.78. The van der Waals surface area contributed by atoms with Crippen LogP contribution in [0.2, 0.25) is 6.32 Å². The Morgan fingerprint density at radius 1 is 1.48 bits per heavy atom. The van der Waals surface area contributed by atoms with Gasteiger partial charge in [0.15, 0.2) is 0 Å². The zero-order valence-corrected chi connectivity index (χ0v) is 15.2. The van der Waals surface area contributed by atoms with Crippen molar-refractivity contribution in [2.75, 3.05) is 33.2 Å². The number of nitrogens with two attached hydrogens (primary N) is 1. The molecule has 6 N–H and O–H groups in total. The van der Waals surface area contributed by atoms with E-state index in [0.29, 0.717) is 25.8 Å². The van der Waals surface area contributed by atoms with Gasteiger partial charge in [-0.1, -0.05) is 6.42 Å². The van der Waals surface area contributed by atoms with Crippen LogP contribution in [0.4, 0.5) is 0 Å². The van der Waals surface area contributed by atoms with Crippen molar-refractivity contribution in [1.82, 2.24) is 13.9 Å². The van der Waals surface area contributed by atoms with E-state index in [0.717, 1.165) is 10.8 Å². The lowest BCUT2D eigenvalue weighted by Crippen LogP contribution is -2.55. The Morgan fingerprint density at radius 3 is 2.68 bits per heavy atom. The van der Waals surface area contributed by atoms with Gasteiger partial charge in [-0.3, -0.25) is 4.79 Å². The largest absolute Gasteiger partial charge is 0.480 e. The van der Waals surface area contributed by atoms with E-state index in [-0.39, 0.29) is 25.5 Å². The number of carboxylic acids is 1. The molecular weight excluding hydrogens is 351 g/mol. The number of hydrogen-bond acceptors (Lipinski definition) is 7. The average molecular weight is 378 g/mol. The number of hydrogen-bond donors (Lipinski definition) is 5. The van der Waals surface area contributed by atoms with Crippen molar-refractivity contribution in [3.8, 4) is 0 Å². The molecule has 0 aromatic carbocycles. The monoisotopic (exact) mass is 378 g/mol. The lowest BCUT2D eigenvalue weighted by molar-refractivity contribution is -0.144. The van der Waals surface area contributed by atoms with Crippen molar-refractivity contribution in [3.63, 3.8) is 0 Å². The average Bonchev–Trinajstić information content (AvgIpc) is 3.15. The molecule has 0 radical (unpaired) electrons. The first-order valence-corrected chi connectivity index (χ1v) is 9.81. The number of rotatable bonds is 8. The van der Waals surface area contributed by atoms with Gasteiger partial charge in [0.25, 0.3) is 10.2 Å². The minimum absolute atomic E-state index is 0.0111. The smallest absolute Gasteiger partial charge is 0.451 e. The van der Waals surface area contributed by atoms with Crippen LogP contribution in [-0.2, 0) is 15.0 Å². The lowest BCUT2D eigenvalue weighted by Gasteiger charge is -2.28. The van der Waals surface area contributed by atoms with E-state index < -0.39 is 34.8 Å². The van der Waals surface area contributed by atoms with Crippen molar-refractivity contribution in [2.45, 2.75) is 37.2 Å². The van der Waals surface area contributed by atoms with Crippen molar-refractivity contribution in [2.24, 2.45) is 11.7 Å². The molecule has 0 spiro atoms. The predicted molar refractivity (Wildman–Crippen MR) is 91.8 cm³/mol. The molecule has 0 amide bonds. The van der Waals surface area contributed by atoms with Gasteiger partial charge in [0.2, 0.25) is 0 Å². The number of nitrogens with one attached hydrogen (secondary N) is 1. The Balaban J connectivity index is 2.12. The Labute approximate surface area is 148 Å². The van der Waals surface area contributed by atoms with Crippen molar-refractivity contribution < 1.29 is 28.4 Å². The molecule has 12 heteroatoms. The molecule has 3 atom stereocenters. The number of carbonyl (C=O) groups is 1. The molecule has 0 aromatic heterocycles. The molecule has 2 fully saturated rings. The highest BCUT2D eigenvalue weighted by Crippen LogP contribution is 2.33. The maximum Gasteiger partial charge on any atom is 0.451 e. The van der Waals surface area contributed by atoms with Gasteiger partial charge < -0.3 is 26.2 Å². The van der Waals surface area contributed by atoms with Crippen molar-refractivity contribution in [3.05, 3.63) is 0 Å². The minimum Gasteiger partial charge on any atom is -0.480 e. The van der Waals surface area contributed by atoms with Crippen LogP contribution in [0, 0.1) is 5.92 Å². The molecule has 0 unspecified atom stereocenters. The van der Waals surface area contributed by atoms with E-state index in [1.807, 2.05) is 0 Å². The van der Waals surface area contributed by atoms with Crippen LogP contribution >= 0.6 is 0 Å². The topological polar surface area (TPSA) is 156 Å². The Bertz CT molecular complexity index is 585. The normalized spacial score (nSPS) is 30.9. The van der Waals surface area contributed by atoms with Crippen LogP contribution < -0.4 is 11.1 Å². The summed E-state index contributed by atoms with van der Waals surface area (Å²) in [4.78, 5) is 11.7. The minimum atomic E-state index is -3.82. The summed E-state index contributed by atoms with van der Waals surface area (Å²) in [5, 5.41) is 30.5. The maximum absolute atomic E-state index is 12.9. The van der Waals surface area contributed by atoms with Gasteiger partial charge in [0.1, 0.15) is 5.54 Å². The fourth-order valence-electron chi connectivity index (χ4n) is 3.53. The summed E-state index contributed by atoms with van der Waals surface area (Å²) in [7, 11) is -3.79. The molecule has 0 bridgehead atoms. The number of likely N-dealkylation sites (N-methyl/N-ethyl adjacent to an activating group) is 1. The van der Waals surface area contributed by atoms with E-state index in [2.05, 4.69) is 5.32 Å². The van der Waals surface area contributed by atoms with Gasteiger partial charge in [0.05, 0.1) is 0 Å². The summed E-state index contributed by atoms with van der Waals surface area (Å²) in [6.45, 7) is 1.03. The van der Waals surface area contributed by atoms with Crippen LogP contribution in [0.3, 0.4) is 0 Å². The highest BCUT2D eigenvalue weighted by atomic mass is 32.2. The zero-order chi connectivity index (χ0) is 18.8. The molecule has 2 aliphatic heterocycles. The fraction of sp³-hybridized carbons (Fsp3) is 0.923. The molecular formula is C13H27BN4O6S. The summed E-state index contributed by atoms with van der Waals surface area (Å²) in [5.74, 6) is -1.83. The molecule has 0 aliphatic carbocycles. The maximum atomic E-state index is 12.9. The van der Waals surface area contributed by atoms with Crippen LogP contribution in [0.15, 0.2) is 0 Å². The first kappa shape index (κ1) is 20.6. The van der Waals surface area contributed by atoms with E-state index in [9.17, 15) is 18.3 Å². The van der Waals surface area contributed by atoms with Crippen molar-refractivity contribution >= 4 is 23.3 Å². The Hall–Kier alpha value is -0.755. The second-order valence-corrected chi connectivity index (χ2v) is 8.91. The molecule has 0 aromatic rings. The quantitative estimate of drug-likeness (QED) is 0.290. The van der Waals surface area contributed by atoms with Crippen LogP contribution in [0.5, 0.6) is 0 Å². The molecule has 0 saturated carbocycles. The third kappa shape index (κ3) is 4.33. The van der Waals surface area contributed by atoms with Gasteiger partial charge in [-0.05, 0) is 25.7 Å². The first-order chi connectivity index (χ1) is 11.6. The zero-order valence-electron chi connectivity index (χ0n) is 14.3. The third-order valence-corrected chi connectivity index (χ3v) is 7.20. The summed E-state index contributed by atoms with van der Waals surface area (Å²) < 4.78 is 28.1. The van der Waals surface area contributed by atoms with Gasteiger partial charge in [-0.2, -0.15) is 17.0 Å². The Kier molecular flexibility index (Phi) is 6.47. The van der Waals surface area contributed by atoms with Gasteiger partial charge >= 0.3 is 13.1 Å². The Morgan fingerprint density at radius 2 is 2.16 bits per heavy atom. The predicted octanol–water partition coefficient (Wildman–Crippen LogP) is -2.51. The number of aliphatic carboxylic acids is 1. The van der Waals surface area contributed by atoms with Crippen molar-refractivity contribution in [1.29, 1.82) is 0 Å². The molecule has 25 heavy (non-hydrogen) atoms. The van der Waals surface area contributed by atoms with Gasteiger partial charge in [0, 0.05) is 38.6 Å². The number of carboxylic acid groups (broad SMARTS) is 1. The first-order valence-electron chi connectivity index (χ1n) is 8.41. The molecule has 2 aliphatic rings. The SMILES string of the molecule is CN([C@H]1CCNC1)S(=O)(=O)N1C[C@H](CCCB(O)O)[C@](N)(C(=O)O)C1. The summed E-state index contributed by atoms with van der Waals surface area (Å²) in [6, 6.07) is -0.161. The standard InChI is InChI=1S/C13H27BN4O6S/c1-17(11-4-6-16-7-11)25(23,24)18-8-10(3-2-5-14(21)22)13(15,9-18)12(19)20/h10-11,16,21-22H,2-9,15H2,1H3,(H,19,20)/t10-,11-,13-/m0/s1. The van der Waals surface area contributed by atoms with Crippen LogP contribution in [0.25, 0.3) is 0 Å². The highest BCUT2D eigenvalue weighted by Gasteiger charge is 2.53. The van der Waals surface area contributed by atoms with Gasteiger partial charge in [-0.25, -0.2) is 0 Å². The summed E-state index contributed by atoms with van der Waals surface area (Å²) in [5.41, 5.74) is 4.36. The molecule has 10 nitrogen and oxygen atoms in total. The second-order valence-electron chi connectivity index (χ2n) is 6.92. The van der Waals surface area contributed by atoms with E-state index in [1.165, 1.54) is 11.4 Å².